The second-order valence-electron chi connectivity index (χ2n) is 11.2. The minimum atomic E-state index is 0.745. The van der Waals surface area contributed by atoms with Gasteiger partial charge in [0.1, 0.15) is 0 Å². The molecule has 1 N–H and O–H groups in total. The van der Waals surface area contributed by atoms with Gasteiger partial charge in [0.05, 0.1) is 23.4 Å². The van der Waals surface area contributed by atoms with E-state index in [9.17, 15) is 0 Å². The van der Waals surface area contributed by atoms with Crippen molar-refractivity contribution in [3.8, 4) is 11.4 Å². The predicted octanol–water partition coefficient (Wildman–Crippen LogP) is 4.28. The van der Waals surface area contributed by atoms with E-state index in [1.54, 1.807) is 0 Å². The third kappa shape index (κ3) is 5.56. The standard InChI is InChI=1S/C30H39N7OS/c1-2-9-34(10-3-1)11-12-35-13-15-36(16-14-35)22-23-21-27-28(39-23)30(37-17-19-38-20-18-37)33-29(32-27)25-5-4-6-26-24(25)7-8-31-26/h4-8,21,31H,1-3,9-20,22H2. The van der Waals surface area contributed by atoms with Gasteiger partial charge in [-0.2, -0.15) is 0 Å². The van der Waals surface area contributed by atoms with Crippen LogP contribution in [0.15, 0.2) is 36.5 Å². The Labute approximate surface area is 234 Å². The summed E-state index contributed by atoms with van der Waals surface area (Å²) in [4.78, 5) is 25.3. The molecular weight excluding hydrogens is 506 g/mol. The van der Waals surface area contributed by atoms with Crippen LogP contribution in [0.25, 0.3) is 32.5 Å². The average Bonchev–Trinajstić information content (AvgIpc) is 3.64. The van der Waals surface area contributed by atoms with Gasteiger partial charge in [-0.1, -0.05) is 18.6 Å². The fraction of sp³-hybridized carbons (Fsp3) is 0.533. The molecule has 0 radical (unpaired) electrons. The summed E-state index contributed by atoms with van der Waals surface area (Å²) in [5.41, 5.74) is 3.26. The Morgan fingerprint density at radius 2 is 1.59 bits per heavy atom. The highest BCUT2D eigenvalue weighted by Gasteiger charge is 2.23. The van der Waals surface area contributed by atoms with Crippen molar-refractivity contribution < 1.29 is 4.74 Å². The lowest BCUT2D eigenvalue weighted by Gasteiger charge is -2.36. The summed E-state index contributed by atoms with van der Waals surface area (Å²) in [5.74, 6) is 1.87. The van der Waals surface area contributed by atoms with Gasteiger partial charge in [0.2, 0.25) is 0 Å². The molecule has 7 rings (SSSR count). The van der Waals surface area contributed by atoms with Crippen molar-refractivity contribution in [3.05, 3.63) is 41.4 Å². The zero-order valence-electron chi connectivity index (χ0n) is 22.8. The molecule has 39 heavy (non-hydrogen) atoms. The number of morpholine rings is 1. The topological polar surface area (TPSA) is 63.8 Å². The Bertz CT molecular complexity index is 1400. The number of likely N-dealkylation sites (tertiary alicyclic amines) is 1. The number of thiophene rings is 1. The van der Waals surface area contributed by atoms with E-state index < -0.39 is 0 Å². The van der Waals surface area contributed by atoms with E-state index in [4.69, 9.17) is 14.7 Å². The normalized spacial score (nSPS) is 20.4. The SMILES string of the molecule is c1cc(-c2nc(N3CCOCC3)c3sc(CN4CCN(CCN5CCCCC5)CC4)cc3n2)c2cc[nH]c2c1. The number of nitrogens with zero attached hydrogens (tertiary/aromatic N) is 6. The zero-order chi connectivity index (χ0) is 26.0. The van der Waals surface area contributed by atoms with Gasteiger partial charge in [-0.3, -0.25) is 9.80 Å². The van der Waals surface area contributed by atoms with Crippen LogP contribution in [-0.4, -0.2) is 108 Å². The number of H-pyrrole nitrogens is 1. The zero-order valence-corrected chi connectivity index (χ0v) is 23.6. The van der Waals surface area contributed by atoms with Crippen LogP contribution < -0.4 is 4.90 Å². The molecule has 0 bridgehead atoms. The fourth-order valence-corrected chi connectivity index (χ4v) is 7.44. The van der Waals surface area contributed by atoms with E-state index in [0.29, 0.717) is 0 Å². The molecule has 9 heteroatoms. The van der Waals surface area contributed by atoms with Crippen molar-refractivity contribution in [2.45, 2.75) is 25.8 Å². The maximum atomic E-state index is 5.66. The third-order valence-corrected chi connectivity index (χ3v) is 9.68. The number of ether oxygens (including phenoxy) is 1. The van der Waals surface area contributed by atoms with E-state index in [1.807, 2.05) is 17.5 Å². The van der Waals surface area contributed by atoms with Gasteiger partial charge in [0.25, 0.3) is 0 Å². The largest absolute Gasteiger partial charge is 0.378 e. The second kappa shape index (κ2) is 11.5. The number of hydrogen-bond donors (Lipinski definition) is 1. The van der Waals surface area contributed by atoms with E-state index in [1.165, 1.54) is 73.5 Å². The molecule has 0 spiro atoms. The molecule has 206 valence electrons. The van der Waals surface area contributed by atoms with Crippen molar-refractivity contribution >= 4 is 38.3 Å². The lowest BCUT2D eigenvalue weighted by atomic mass is 10.1. The monoisotopic (exact) mass is 545 g/mol. The van der Waals surface area contributed by atoms with Crippen molar-refractivity contribution in [3.63, 3.8) is 0 Å². The smallest absolute Gasteiger partial charge is 0.162 e. The summed E-state index contributed by atoms with van der Waals surface area (Å²) in [6, 6.07) is 10.8. The lowest BCUT2D eigenvalue weighted by molar-refractivity contribution is 0.110. The van der Waals surface area contributed by atoms with Gasteiger partial charge in [-0.15, -0.1) is 11.3 Å². The molecule has 0 aliphatic carbocycles. The summed E-state index contributed by atoms with van der Waals surface area (Å²) in [6.45, 7) is 13.9. The van der Waals surface area contributed by atoms with Crippen LogP contribution in [0.5, 0.6) is 0 Å². The first-order chi connectivity index (χ1) is 19.3. The lowest BCUT2D eigenvalue weighted by Crippen LogP contribution is -2.48. The molecule has 3 aliphatic rings. The van der Waals surface area contributed by atoms with Crippen molar-refractivity contribution in [2.24, 2.45) is 0 Å². The number of rotatable bonds is 7. The first kappa shape index (κ1) is 25.4. The van der Waals surface area contributed by atoms with Crippen molar-refractivity contribution in [1.29, 1.82) is 0 Å². The van der Waals surface area contributed by atoms with Crippen LogP contribution in [0.1, 0.15) is 24.1 Å². The second-order valence-corrected chi connectivity index (χ2v) is 12.3. The summed E-state index contributed by atoms with van der Waals surface area (Å²) >= 11 is 1.87. The van der Waals surface area contributed by atoms with Crippen molar-refractivity contribution in [2.75, 3.05) is 83.6 Å². The molecule has 3 aliphatic heterocycles. The first-order valence-corrected chi connectivity index (χ1v) is 15.5. The molecule has 4 aromatic rings. The first-order valence-electron chi connectivity index (χ1n) is 14.7. The van der Waals surface area contributed by atoms with Gasteiger partial charge >= 0.3 is 0 Å². The number of aromatic amines is 1. The van der Waals surface area contributed by atoms with Crippen LogP contribution in [0, 0.1) is 0 Å². The number of fused-ring (bicyclic) bond motifs is 2. The maximum Gasteiger partial charge on any atom is 0.162 e. The minimum absolute atomic E-state index is 0.745. The van der Waals surface area contributed by atoms with Crippen LogP contribution in [0.3, 0.4) is 0 Å². The van der Waals surface area contributed by atoms with E-state index >= 15 is 0 Å². The highest BCUT2D eigenvalue weighted by atomic mass is 32.1. The maximum absolute atomic E-state index is 5.66. The summed E-state index contributed by atoms with van der Waals surface area (Å²) in [6.07, 6.45) is 6.16. The van der Waals surface area contributed by atoms with Crippen LogP contribution >= 0.6 is 11.3 Å². The number of aromatic nitrogens is 3. The molecule has 3 saturated heterocycles. The quantitative estimate of drug-likeness (QED) is 0.372. The summed E-state index contributed by atoms with van der Waals surface area (Å²) in [7, 11) is 0. The Kier molecular flexibility index (Phi) is 7.50. The highest BCUT2D eigenvalue weighted by molar-refractivity contribution is 7.19. The number of benzene rings is 1. The molecule has 0 unspecified atom stereocenters. The van der Waals surface area contributed by atoms with Crippen LogP contribution in [0.4, 0.5) is 5.82 Å². The molecule has 6 heterocycles. The van der Waals surface area contributed by atoms with Crippen molar-refractivity contribution in [1.82, 2.24) is 29.7 Å². The molecule has 0 amide bonds. The average molecular weight is 546 g/mol. The Morgan fingerprint density at radius 3 is 2.41 bits per heavy atom. The van der Waals surface area contributed by atoms with E-state index in [-0.39, 0.29) is 0 Å². The number of nitrogens with one attached hydrogen (secondary N) is 1. The highest BCUT2D eigenvalue weighted by Crippen LogP contribution is 2.36. The van der Waals surface area contributed by atoms with E-state index in [2.05, 4.69) is 54.9 Å². The Balaban J connectivity index is 1.09. The summed E-state index contributed by atoms with van der Waals surface area (Å²) < 4.78 is 6.87. The number of hydrogen-bond acceptors (Lipinski definition) is 8. The number of anilines is 1. The Morgan fingerprint density at radius 1 is 0.821 bits per heavy atom. The molecule has 0 saturated carbocycles. The minimum Gasteiger partial charge on any atom is -0.378 e. The fourth-order valence-electron chi connectivity index (χ4n) is 6.29. The van der Waals surface area contributed by atoms with Crippen LogP contribution in [-0.2, 0) is 11.3 Å². The third-order valence-electron chi connectivity index (χ3n) is 8.58. The predicted molar refractivity (Wildman–Crippen MR) is 160 cm³/mol. The Hall–Kier alpha value is -2.56. The molecule has 0 atom stereocenters. The van der Waals surface area contributed by atoms with E-state index in [0.717, 1.165) is 74.2 Å². The van der Waals surface area contributed by atoms with Gasteiger partial charge in [-0.25, -0.2) is 9.97 Å². The molecule has 3 fully saturated rings. The van der Waals surface area contributed by atoms with Gasteiger partial charge in [0.15, 0.2) is 11.6 Å². The van der Waals surface area contributed by atoms with Gasteiger partial charge in [0, 0.05) is 86.4 Å². The number of piperazine rings is 1. The number of piperidine rings is 1. The van der Waals surface area contributed by atoms with Crippen LogP contribution in [0.2, 0.25) is 0 Å². The molecule has 1 aromatic carbocycles. The van der Waals surface area contributed by atoms with Gasteiger partial charge < -0.3 is 19.5 Å². The molecule has 8 nitrogen and oxygen atoms in total. The summed E-state index contributed by atoms with van der Waals surface area (Å²) in [5, 5.41) is 1.17. The molecule has 3 aromatic heterocycles. The molecular formula is C30H39N7OS. The van der Waals surface area contributed by atoms with Gasteiger partial charge in [-0.05, 0) is 44.1 Å².